The van der Waals surface area contributed by atoms with Gasteiger partial charge in [-0.05, 0) is 30.6 Å². The minimum Gasteiger partial charge on any atom is -0.465 e. The lowest BCUT2D eigenvalue weighted by Gasteiger charge is -2.15. The van der Waals surface area contributed by atoms with E-state index in [1.54, 1.807) is 11.8 Å². The molecule has 0 saturated heterocycles. The second-order valence-electron chi connectivity index (χ2n) is 4.35. The Balaban J connectivity index is 0. The van der Waals surface area contributed by atoms with E-state index >= 15 is 0 Å². The molecule has 5 heteroatoms. The highest BCUT2D eigenvalue weighted by Gasteiger charge is 2.14. The van der Waals surface area contributed by atoms with Crippen molar-refractivity contribution in [2.45, 2.75) is 33.6 Å². The van der Waals surface area contributed by atoms with Gasteiger partial charge in [0.05, 0.1) is 0 Å². The minimum atomic E-state index is -0.104. The third kappa shape index (κ3) is 12.3. The molecule has 0 amide bonds. The highest BCUT2D eigenvalue weighted by Crippen LogP contribution is 2.14. The number of hydrogen-bond donors (Lipinski definition) is 1. The maximum absolute atomic E-state index is 11.5. The lowest BCUT2D eigenvalue weighted by Crippen LogP contribution is -2.21. The SMILES string of the molecule is CCSCCOC(=O)C[C@@H](CN)CC(C)C.Cl. The number of ether oxygens (including phenoxy) is 1. The Bertz CT molecular complexity index is 191. The molecule has 0 spiro atoms. The summed E-state index contributed by atoms with van der Waals surface area (Å²) in [6, 6.07) is 0. The molecule has 2 N–H and O–H groups in total. The van der Waals surface area contributed by atoms with Gasteiger partial charge >= 0.3 is 5.97 Å². The third-order valence-electron chi connectivity index (χ3n) is 2.29. The summed E-state index contributed by atoms with van der Waals surface area (Å²) in [4.78, 5) is 11.5. The maximum atomic E-state index is 11.5. The minimum absolute atomic E-state index is 0. The predicted octanol–water partition coefficient (Wildman–Crippen LogP) is 2.72. The lowest BCUT2D eigenvalue weighted by atomic mass is 9.94. The van der Waals surface area contributed by atoms with E-state index < -0.39 is 0 Å². The molecule has 0 unspecified atom stereocenters. The smallest absolute Gasteiger partial charge is 0.306 e. The third-order valence-corrected chi connectivity index (χ3v) is 3.15. The molecule has 0 aromatic carbocycles. The van der Waals surface area contributed by atoms with Gasteiger partial charge in [-0.25, -0.2) is 0 Å². The Labute approximate surface area is 116 Å². The van der Waals surface area contributed by atoms with Crippen LogP contribution in [0.1, 0.15) is 33.6 Å². The Morgan fingerprint density at radius 1 is 1.41 bits per heavy atom. The molecule has 0 radical (unpaired) electrons. The Morgan fingerprint density at radius 2 is 2.06 bits per heavy atom. The van der Waals surface area contributed by atoms with Crippen LogP contribution in [0.15, 0.2) is 0 Å². The number of carbonyl (C=O) groups excluding carboxylic acids is 1. The van der Waals surface area contributed by atoms with E-state index in [-0.39, 0.29) is 24.3 Å². The van der Waals surface area contributed by atoms with E-state index in [2.05, 4.69) is 20.8 Å². The molecule has 0 aliphatic rings. The molecule has 0 aliphatic heterocycles. The van der Waals surface area contributed by atoms with Crippen molar-refractivity contribution in [3.8, 4) is 0 Å². The molecule has 17 heavy (non-hydrogen) atoms. The summed E-state index contributed by atoms with van der Waals surface area (Å²) >= 11 is 1.78. The normalized spacial score (nSPS) is 12.1. The van der Waals surface area contributed by atoms with Gasteiger partial charge in [-0.3, -0.25) is 4.79 Å². The standard InChI is InChI=1S/C12H25NO2S.ClH/c1-4-16-6-5-15-12(14)8-11(9-13)7-10(2)3;/h10-11H,4-9,13H2,1-3H3;1H/t11-;/m0./s1. The Hall–Kier alpha value is 0.0700. The van der Waals surface area contributed by atoms with Crippen molar-refractivity contribution in [2.24, 2.45) is 17.6 Å². The van der Waals surface area contributed by atoms with Crippen LogP contribution in [0, 0.1) is 11.8 Å². The average Bonchev–Trinajstić information content (AvgIpc) is 2.23. The number of esters is 1. The molecule has 0 aromatic rings. The zero-order valence-corrected chi connectivity index (χ0v) is 12.7. The summed E-state index contributed by atoms with van der Waals surface area (Å²) < 4.78 is 5.14. The molecule has 1 atom stereocenters. The van der Waals surface area contributed by atoms with Crippen molar-refractivity contribution in [2.75, 3.05) is 24.7 Å². The fourth-order valence-corrected chi connectivity index (χ4v) is 2.07. The van der Waals surface area contributed by atoms with Crippen LogP contribution < -0.4 is 5.73 Å². The van der Waals surface area contributed by atoms with Crippen molar-refractivity contribution in [3.63, 3.8) is 0 Å². The maximum Gasteiger partial charge on any atom is 0.306 e. The quantitative estimate of drug-likeness (QED) is 0.522. The van der Waals surface area contributed by atoms with Crippen LogP contribution in [0.25, 0.3) is 0 Å². The molecule has 0 rings (SSSR count). The first kappa shape index (κ1) is 19.4. The van der Waals surface area contributed by atoms with Crippen LogP contribution in [-0.4, -0.2) is 30.6 Å². The second-order valence-corrected chi connectivity index (χ2v) is 5.75. The highest BCUT2D eigenvalue weighted by molar-refractivity contribution is 7.99. The number of halogens is 1. The molecular formula is C12H26ClNO2S. The van der Waals surface area contributed by atoms with E-state index in [1.165, 1.54) is 0 Å². The van der Waals surface area contributed by atoms with Crippen molar-refractivity contribution in [1.29, 1.82) is 0 Å². The van der Waals surface area contributed by atoms with Gasteiger partial charge in [0.15, 0.2) is 0 Å². The fourth-order valence-electron chi connectivity index (χ4n) is 1.58. The Morgan fingerprint density at radius 3 is 2.53 bits per heavy atom. The van der Waals surface area contributed by atoms with Crippen LogP contribution in [-0.2, 0) is 9.53 Å². The number of rotatable bonds is 9. The topological polar surface area (TPSA) is 52.3 Å². The van der Waals surface area contributed by atoms with Crippen LogP contribution in [0.5, 0.6) is 0 Å². The molecular weight excluding hydrogens is 258 g/mol. The number of nitrogens with two attached hydrogens (primary N) is 1. The van der Waals surface area contributed by atoms with Gasteiger partial charge in [0, 0.05) is 12.2 Å². The first-order valence-corrected chi connectivity index (χ1v) is 7.19. The van der Waals surface area contributed by atoms with Crippen LogP contribution in [0.2, 0.25) is 0 Å². The van der Waals surface area contributed by atoms with Gasteiger partial charge in [0.25, 0.3) is 0 Å². The summed E-state index contributed by atoms with van der Waals surface area (Å²) in [5.41, 5.74) is 5.63. The number of hydrogen-bond acceptors (Lipinski definition) is 4. The highest BCUT2D eigenvalue weighted by atomic mass is 35.5. The summed E-state index contributed by atoms with van der Waals surface area (Å²) in [6.45, 7) is 7.48. The Kier molecular flexibility index (Phi) is 14.3. The first-order chi connectivity index (χ1) is 7.60. The van der Waals surface area contributed by atoms with Gasteiger partial charge < -0.3 is 10.5 Å². The van der Waals surface area contributed by atoms with E-state index in [0.29, 0.717) is 25.5 Å². The summed E-state index contributed by atoms with van der Waals surface area (Å²) in [7, 11) is 0. The molecule has 0 aromatic heterocycles. The van der Waals surface area contributed by atoms with Crippen molar-refractivity contribution < 1.29 is 9.53 Å². The molecule has 0 saturated carbocycles. The van der Waals surface area contributed by atoms with Crippen LogP contribution in [0.4, 0.5) is 0 Å². The predicted molar refractivity (Wildman–Crippen MR) is 77.8 cm³/mol. The van der Waals surface area contributed by atoms with Gasteiger partial charge in [0.2, 0.25) is 0 Å². The van der Waals surface area contributed by atoms with E-state index in [4.69, 9.17) is 10.5 Å². The van der Waals surface area contributed by atoms with Crippen molar-refractivity contribution in [3.05, 3.63) is 0 Å². The van der Waals surface area contributed by atoms with Crippen LogP contribution in [0.3, 0.4) is 0 Å². The van der Waals surface area contributed by atoms with Gasteiger partial charge in [-0.2, -0.15) is 11.8 Å². The number of thioether (sulfide) groups is 1. The van der Waals surface area contributed by atoms with E-state index in [1.807, 2.05) is 0 Å². The van der Waals surface area contributed by atoms with Crippen molar-refractivity contribution >= 4 is 30.1 Å². The molecule has 0 bridgehead atoms. The summed E-state index contributed by atoms with van der Waals surface area (Å²) in [5.74, 6) is 2.70. The zero-order chi connectivity index (χ0) is 12.4. The summed E-state index contributed by atoms with van der Waals surface area (Å²) in [5, 5.41) is 0. The van der Waals surface area contributed by atoms with E-state index in [9.17, 15) is 4.79 Å². The molecule has 104 valence electrons. The molecule has 0 fully saturated rings. The largest absolute Gasteiger partial charge is 0.465 e. The van der Waals surface area contributed by atoms with Gasteiger partial charge in [0.1, 0.15) is 6.61 Å². The monoisotopic (exact) mass is 283 g/mol. The van der Waals surface area contributed by atoms with Gasteiger partial charge in [-0.1, -0.05) is 20.8 Å². The fraction of sp³-hybridized carbons (Fsp3) is 0.917. The zero-order valence-electron chi connectivity index (χ0n) is 11.1. The molecule has 0 heterocycles. The first-order valence-electron chi connectivity index (χ1n) is 6.03. The van der Waals surface area contributed by atoms with Gasteiger partial charge in [-0.15, -0.1) is 12.4 Å². The van der Waals surface area contributed by atoms with E-state index in [0.717, 1.165) is 17.9 Å². The molecule has 0 aliphatic carbocycles. The average molecular weight is 284 g/mol. The lowest BCUT2D eigenvalue weighted by molar-refractivity contribution is -0.144. The van der Waals surface area contributed by atoms with Crippen LogP contribution >= 0.6 is 24.2 Å². The van der Waals surface area contributed by atoms with Crippen molar-refractivity contribution in [1.82, 2.24) is 0 Å². The molecule has 3 nitrogen and oxygen atoms in total. The second kappa shape index (κ2) is 12.5. The summed E-state index contributed by atoms with van der Waals surface area (Å²) in [6.07, 6.45) is 1.46. The number of carbonyl (C=O) groups is 1.